The molecule has 1 radical (unpaired) electrons. The van der Waals surface area contributed by atoms with Crippen LogP contribution in [0, 0.1) is 0 Å². The van der Waals surface area contributed by atoms with Gasteiger partial charge in [0.1, 0.15) is 0 Å². The predicted octanol–water partition coefficient (Wildman–Crippen LogP) is 1.90. The zero-order valence-corrected chi connectivity index (χ0v) is 6.72. The first kappa shape index (κ1) is 7.27. The van der Waals surface area contributed by atoms with Gasteiger partial charge in [0.15, 0.2) is 0 Å². The van der Waals surface area contributed by atoms with E-state index >= 15 is 0 Å². The van der Waals surface area contributed by atoms with E-state index in [9.17, 15) is 0 Å². The summed E-state index contributed by atoms with van der Waals surface area (Å²) in [5, 5.41) is 0. The van der Waals surface area contributed by atoms with Crippen LogP contribution in [0.15, 0.2) is 25.3 Å². The molecule has 0 saturated carbocycles. The van der Waals surface area contributed by atoms with Crippen molar-refractivity contribution in [3.8, 4) is 0 Å². The summed E-state index contributed by atoms with van der Waals surface area (Å²) in [4.78, 5) is 0. The van der Waals surface area contributed by atoms with E-state index in [0.29, 0.717) is 0 Å². The van der Waals surface area contributed by atoms with Crippen molar-refractivity contribution in [1.29, 1.82) is 0 Å². The third kappa shape index (κ3) is 6.27. The number of hydrogen-bond donors (Lipinski definition) is 0. The van der Waals surface area contributed by atoms with Gasteiger partial charge < -0.3 is 0 Å². The van der Waals surface area contributed by atoms with Crippen molar-refractivity contribution >= 4 is 20.9 Å². The maximum atomic E-state index is 3.63. The second-order valence-corrected chi connectivity index (χ2v) is 4.18. The summed E-state index contributed by atoms with van der Waals surface area (Å²) in [5.41, 5.74) is 0. The van der Waals surface area contributed by atoms with Crippen LogP contribution in [-0.4, -0.2) is 20.9 Å². The molecule has 0 saturated heterocycles. The van der Waals surface area contributed by atoms with Gasteiger partial charge in [-0.15, -0.1) is 0 Å². The Morgan fingerprint density at radius 1 is 1.14 bits per heavy atom. The Morgan fingerprint density at radius 2 is 1.57 bits per heavy atom. The van der Waals surface area contributed by atoms with E-state index in [1.165, 1.54) is 8.94 Å². The molecule has 0 aromatic heterocycles. The van der Waals surface area contributed by atoms with Crippen molar-refractivity contribution in [3.63, 3.8) is 0 Å². The fourth-order valence-corrected chi connectivity index (χ4v) is 1.57. The molecule has 1 heteroatoms. The number of allylic oxidation sites excluding steroid dienone is 2. The average Bonchev–Trinajstić information content (AvgIpc) is 1.69. The molecule has 0 heterocycles. The molecule has 7 heavy (non-hydrogen) atoms. The molecule has 0 aliphatic carbocycles. The second kappa shape index (κ2) is 6.27. The maximum absolute atomic E-state index is 3.63. The van der Waals surface area contributed by atoms with E-state index in [1.807, 2.05) is 12.2 Å². The van der Waals surface area contributed by atoms with Crippen LogP contribution in [0.25, 0.3) is 0 Å². The van der Waals surface area contributed by atoms with Crippen LogP contribution in [0.3, 0.4) is 0 Å². The Balaban J connectivity index is 2.68. The molecule has 0 atom stereocenters. The van der Waals surface area contributed by atoms with Gasteiger partial charge in [0.05, 0.1) is 0 Å². The first-order valence-corrected chi connectivity index (χ1v) is 5.51. The molecule has 0 fully saturated rings. The fraction of sp³-hybridized carbons (Fsp3) is 0.333. The monoisotopic (exact) mass is 212 g/mol. The van der Waals surface area contributed by atoms with Gasteiger partial charge in [0, 0.05) is 0 Å². The molecule has 0 unspecified atom stereocenters. The molecule has 0 spiro atoms. The molecular weight excluding hydrogens is 200 g/mol. The minimum absolute atomic E-state index is 0.241. The summed E-state index contributed by atoms with van der Waals surface area (Å²) < 4.78 is 2.49. The second-order valence-electron chi connectivity index (χ2n) is 1.11. The van der Waals surface area contributed by atoms with Crippen molar-refractivity contribution in [1.82, 2.24) is 0 Å². The molecule has 0 aliphatic rings. The van der Waals surface area contributed by atoms with Crippen molar-refractivity contribution < 1.29 is 0 Å². The number of hydrogen-bond acceptors (Lipinski definition) is 0. The van der Waals surface area contributed by atoms with Crippen LogP contribution < -0.4 is 0 Å². The first-order valence-electron chi connectivity index (χ1n) is 2.21. The Kier molecular flexibility index (Phi) is 6.51. The van der Waals surface area contributed by atoms with E-state index in [-0.39, 0.29) is 20.9 Å². The third-order valence-corrected chi connectivity index (χ3v) is 3.16. The quantitative estimate of drug-likeness (QED) is 0.377. The van der Waals surface area contributed by atoms with Crippen LogP contribution in [0.5, 0.6) is 0 Å². The van der Waals surface area contributed by atoms with Gasteiger partial charge in [-0.2, -0.15) is 0 Å². The van der Waals surface area contributed by atoms with Crippen molar-refractivity contribution in [2.45, 2.75) is 8.94 Å². The molecule has 39 valence electrons. The summed E-state index contributed by atoms with van der Waals surface area (Å²) in [6.45, 7) is 7.26. The Hall–Kier alpha value is 0.270. The SMILES string of the molecule is C=CC[Te+]CC=C. The molecule has 0 nitrogen and oxygen atoms in total. The van der Waals surface area contributed by atoms with E-state index in [2.05, 4.69) is 13.2 Å². The van der Waals surface area contributed by atoms with E-state index in [1.54, 1.807) is 0 Å². The fourth-order valence-electron chi connectivity index (χ4n) is 0.235. The van der Waals surface area contributed by atoms with Crippen molar-refractivity contribution in [2.24, 2.45) is 0 Å². The average molecular weight is 210 g/mol. The van der Waals surface area contributed by atoms with Gasteiger partial charge in [-0.25, -0.2) is 0 Å². The topological polar surface area (TPSA) is 0 Å². The van der Waals surface area contributed by atoms with E-state index in [4.69, 9.17) is 0 Å². The normalized spacial score (nSPS) is 8.00. The molecule has 0 bridgehead atoms. The Labute approximate surface area is 55.4 Å². The standard InChI is InChI=1S/C6H10Te/c1-3-5-7-6-4-2/h3-4H,1-2,5-6H2/q+1. The predicted molar refractivity (Wildman–Crippen MR) is 35.8 cm³/mol. The van der Waals surface area contributed by atoms with Gasteiger partial charge in [0.2, 0.25) is 0 Å². The van der Waals surface area contributed by atoms with Gasteiger partial charge in [-0.1, -0.05) is 0 Å². The summed E-state index contributed by atoms with van der Waals surface area (Å²) in [5.74, 6) is 0. The van der Waals surface area contributed by atoms with Crippen LogP contribution in [-0.2, 0) is 0 Å². The van der Waals surface area contributed by atoms with Gasteiger partial charge >= 0.3 is 55.2 Å². The van der Waals surface area contributed by atoms with Gasteiger partial charge in [-0.3, -0.25) is 0 Å². The zero-order valence-electron chi connectivity index (χ0n) is 4.39. The Morgan fingerprint density at radius 3 is 1.86 bits per heavy atom. The van der Waals surface area contributed by atoms with Crippen LogP contribution in [0.2, 0.25) is 8.94 Å². The third-order valence-electron chi connectivity index (χ3n) is 0.471. The van der Waals surface area contributed by atoms with Gasteiger partial charge in [-0.05, 0) is 0 Å². The first-order chi connectivity index (χ1) is 3.41. The Bertz CT molecular complexity index is 49.2. The minimum atomic E-state index is 0.241. The molecule has 0 N–H and O–H groups in total. The van der Waals surface area contributed by atoms with Crippen LogP contribution in [0.4, 0.5) is 0 Å². The molecule has 0 rings (SSSR count). The zero-order chi connectivity index (χ0) is 5.54. The van der Waals surface area contributed by atoms with Crippen molar-refractivity contribution in [2.75, 3.05) is 0 Å². The molecular formula is C6H10Te+. The number of rotatable bonds is 4. The summed E-state index contributed by atoms with van der Waals surface area (Å²) in [6, 6.07) is 0. The molecule has 0 aromatic rings. The van der Waals surface area contributed by atoms with Crippen molar-refractivity contribution in [3.05, 3.63) is 25.3 Å². The summed E-state index contributed by atoms with van der Waals surface area (Å²) >= 11 is 0.241. The van der Waals surface area contributed by atoms with E-state index < -0.39 is 0 Å². The molecule has 0 aliphatic heterocycles. The van der Waals surface area contributed by atoms with Gasteiger partial charge in [0.25, 0.3) is 0 Å². The summed E-state index contributed by atoms with van der Waals surface area (Å²) in [6.07, 6.45) is 3.98. The van der Waals surface area contributed by atoms with E-state index in [0.717, 1.165) is 0 Å². The summed E-state index contributed by atoms with van der Waals surface area (Å²) in [7, 11) is 0. The molecule has 0 amide bonds. The molecule has 0 aromatic carbocycles. The van der Waals surface area contributed by atoms with Crippen LogP contribution in [0.1, 0.15) is 0 Å². The van der Waals surface area contributed by atoms with Crippen LogP contribution >= 0.6 is 0 Å².